The monoisotopic (exact) mass is 537 g/mol. The number of imidazole rings is 1. The molecule has 10 heteroatoms. The van der Waals surface area contributed by atoms with Gasteiger partial charge < -0.3 is 18.9 Å². The van der Waals surface area contributed by atoms with E-state index in [1.54, 1.807) is 29.3 Å². The third-order valence-electron chi connectivity index (χ3n) is 7.07. The van der Waals surface area contributed by atoms with E-state index in [1.807, 2.05) is 17.6 Å². The molecule has 2 aliphatic rings. The van der Waals surface area contributed by atoms with Crippen LogP contribution in [0.5, 0.6) is 5.75 Å². The molecule has 0 unspecified atom stereocenters. The molecule has 38 heavy (non-hydrogen) atoms. The van der Waals surface area contributed by atoms with Gasteiger partial charge in [0.2, 0.25) is 11.9 Å². The lowest BCUT2D eigenvalue weighted by Crippen LogP contribution is -2.34. The minimum absolute atomic E-state index is 0.0498. The van der Waals surface area contributed by atoms with Gasteiger partial charge in [-0.15, -0.1) is 0 Å². The van der Waals surface area contributed by atoms with Gasteiger partial charge in [0.25, 0.3) is 5.91 Å². The largest absolute Gasteiger partial charge is 0.490 e. The van der Waals surface area contributed by atoms with E-state index in [1.165, 1.54) is 6.08 Å². The molecule has 9 nitrogen and oxygen atoms in total. The quantitative estimate of drug-likeness (QED) is 0.447. The topological polar surface area (TPSA) is 98.6 Å². The third kappa shape index (κ3) is 5.68. The summed E-state index contributed by atoms with van der Waals surface area (Å²) in [6, 6.07) is 6.92. The fourth-order valence-electron chi connectivity index (χ4n) is 5.18. The average molecular weight is 538 g/mol. The van der Waals surface area contributed by atoms with Gasteiger partial charge in [0.15, 0.2) is 0 Å². The van der Waals surface area contributed by atoms with Gasteiger partial charge in [-0.25, -0.2) is 4.98 Å². The minimum atomic E-state index is -0.297. The molecule has 0 saturated carbocycles. The lowest BCUT2D eigenvalue weighted by molar-refractivity contribution is -0.126. The van der Waals surface area contributed by atoms with E-state index < -0.39 is 0 Å². The lowest BCUT2D eigenvalue weighted by atomic mass is 10.1. The first kappa shape index (κ1) is 26.2. The molecular formula is C28H32ClN5O4. The Morgan fingerprint density at radius 2 is 2.03 bits per heavy atom. The summed E-state index contributed by atoms with van der Waals surface area (Å²) in [6.45, 7) is 7.95. The Hall–Kier alpha value is -3.43. The van der Waals surface area contributed by atoms with Gasteiger partial charge in [-0.1, -0.05) is 18.2 Å². The normalized spacial score (nSPS) is 18.7. The van der Waals surface area contributed by atoms with Crippen molar-refractivity contribution in [2.45, 2.75) is 51.2 Å². The highest BCUT2D eigenvalue weighted by Crippen LogP contribution is 2.37. The highest BCUT2D eigenvalue weighted by Gasteiger charge is 2.28. The first-order valence-electron chi connectivity index (χ1n) is 13.0. The number of carbonyl (C=O) groups excluding carboxylic acids is 2. The Labute approximate surface area is 226 Å². The summed E-state index contributed by atoms with van der Waals surface area (Å²) < 4.78 is 13.6. The van der Waals surface area contributed by atoms with Gasteiger partial charge in [0.05, 0.1) is 35.3 Å². The number of aromatic nitrogens is 3. The summed E-state index contributed by atoms with van der Waals surface area (Å²) in [5.74, 6) is 0.598. The van der Waals surface area contributed by atoms with E-state index in [-0.39, 0.29) is 24.0 Å². The van der Waals surface area contributed by atoms with Crippen LogP contribution in [-0.2, 0) is 9.53 Å². The molecule has 5 rings (SSSR count). The number of halogens is 1. The molecule has 0 bridgehead atoms. The molecule has 0 spiro atoms. The van der Waals surface area contributed by atoms with Crippen LogP contribution in [0.3, 0.4) is 0 Å². The Balaban J connectivity index is 1.55. The van der Waals surface area contributed by atoms with Gasteiger partial charge in [0.1, 0.15) is 11.9 Å². The highest BCUT2D eigenvalue weighted by atomic mass is 35.5. The molecule has 3 aromatic rings. The second kappa shape index (κ2) is 11.5. The van der Waals surface area contributed by atoms with Crippen LogP contribution in [0.4, 0.5) is 5.95 Å². The van der Waals surface area contributed by atoms with Crippen LogP contribution in [0.25, 0.3) is 11.0 Å². The molecule has 1 N–H and O–H groups in total. The van der Waals surface area contributed by atoms with Gasteiger partial charge in [-0.3, -0.25) is 19.9 Å². The zero-order chi connectivity index (χ0) is 26.6. The van der Waals surface area contributed by atoms with E-state index in [2.05, 4.69) is 16.9 Å². The van der Waals surface area contributed by atoms with Crippen molar-refractivity contribution < 1.29 is 19.1 Å². The number of ether oxygens (including phenoxy) is 2. The van der Waals surface area contributed by atoms with E-state index >= 15 is 0 Å². The van der Waals surface area contributed by atoms with Crippen LogP contribution in [0.2, 0.25) is 5.02 Å². The molecule has 2 saturated heterocycles. The third-order valence-corrected chi connectivity index (χ3v) is 7.35. The molecule has 4 heterocycles. The first-order chi connectivity index (χ1) is 18.4. The summed E-state index contributed by atoms with van der Waals surface area (Å²) in [6.07, 6.45) is 7.23. The number of rotatable bonds is 6. The van der Waals surface area contributed by atoms with Crippen molar-refractivity contribution in [2.75, 3.05) is 31.6 Å². The van der Waals surface area contributed by atoms with Crippen LogP contribution < -0.4 is 10.1 Å². The number of amides is 2. The molecule has 2 amide bonds. The molecule has 2 aromatic heterocycles. The number of likely N-dealkylation sites (tertiary alicyclic amines) is 1. The average Bonchev–Trinajstić information content (AvgIpc) is 3.09. The van der Waals surface area contributed by atoms with Gasteiger partial charge in [0, 0.05) is 55.5 Å². The van der Waals surface area contributed by atoms with E-state index in [0.717, 1.165) is 37.8 Å². The summed E-state index contributed by atoms with van der Waals surface area (Å²) in [5, 5.41) is 3.47. The summed E-state index contributed by atoms with van der Waals surface area (Å²) in [5.41, 5.74) is 2.54. The number of fused-ring (bicyclic) bond motifs is 1. The van der Waals surface area contributed by atoms with Crippen LogP contribution in [0.1, 0.15) is 54.2 Å². The van der Waals surface area contributed by atoms with Crippen molar-refractivity contribution in [1.82, 2.24) is 19.4 Å². The molecule has 1 atom stereocenters. The number of hydrogen-bond acceptors (Lipinski definition) is 6. The van der Waals surface area contributed by atoms with Crippen LogP contribution in [0, 0.1) is 6.92 Å². The second-order valence-electron chi connectivity index (χ2n) is 9.79. The molecule has 2 fully saturated rings. The van der Waals surface area contributed by atoms with Crippen LogP contribution >= 0.6 is 11.6 Å². The Bertz CT molecular complexity index is 1350. The van der Waals surface area contributed by atoms with E-state index in [4.69, 9.17) is 26.1 Å². The second-order valence-corrected chi connectivity index (χ2v) is 10.2. The van der Waals surface area contributed by atoms with Crippen molar-refractivity contribution in [2.24, 2.45) is 0 Å². The van der Waals surface area contributed by atoms with Crippen LogP contribution in [-0.4, -0.2) is 63.7 Å². The van der Waals surface area contributed by atoms with Crippen molar-refractivity contribution in [3.63, 3.8) is 0 Å². The molecule has 200 valence electrons. The van der Waals surface area contributed by atoms with Crippen molar-refractivity contribution >= 4 is 40.4 Å². The number of carbonyl (C=O) groups is 2. The number of aryl methyl sites for hydroxylation is 1. The zero-order valence-corrected chi connectivity index (χ0v) is 22.2. The number of hydrogen-bond donors (Lipinski definition) is 1. The van der Waals surface area contributed by atoms with Gasteiger partial charge in [-0.05, 0) is 44.4 Å². The Morgan fingerprint density at radius 1 is 1.21 bits per heavy atom. The number of anilines is 1. The van der Waals surface area contributed by atoms with Crippen LogP contribution in [0.15, 0.2) is 43.1 Å². The predicted molar refractivity (Wildman–Crippen MR) is 146 cm³/mol. The minimum Gasteiger partial charge on any atom is -0.490 e. The van der Waals surface area contributed by atoms with E-state index in [9.17, 15) is 9.59 Å². The smallest absolute Gasteiger partial charge is 0.258 e. The molecular weight excluding hydrogens is 506 g/mol. The maximum atomic E-state index is 13.2. The van der Waals surface area contributed by atoms with E-state index in [0.29, 0.717) is 59.6 Å². The summed E-state index contributed by atoms with van der Waals surface area (Å²) in [4.78, 5) is 36.6. The number of nitrogens with one attached hydrogen (secondary N) is 1. The standard InChI is InChI=1S/C28H32ClN5O4/c1-3-25(35)33-11-5-4-6-20(17-33)34-26-23(29)15-22(38-21-8-12-37-13-9-21)16-24(26)31-28(34)32-27(36)19-7-10-30-18(2)14-19/h3,7,10,14-16,20-21H,1,4-6,8-9,11-13,17H2,2H3,(H,31,32,36)/t20-/m0/s1. The fraction of sp³-hybridized carbons (Fsp3) is 0.429. The first-order valence-corrected chi connectivity index (χ1v) is 13.4. The fourth-order valence-corrected chi connectivity index (χ4v) is 5.47. The molecule has 0 aliphatic carbocycles. The molecule has 0 radical (unpaired) electrons. The van der Waals surface area contributed by atoms with Crippen molar-refractivity contribution in [3.8, 4) is 5.75 Å². The number of benzene rings is 1. The molecule has 1 aromatic carbocycles. The lowest BCUT2D eigenvalue weighted by Gasteiger charge is -2.26. The Morgan fingerprint density at radius 3 is 2.79 bits per heavy atom. The summed E-state index contributed by atoms with van der Waals surface area (Å²) >= 11 is 6.88. The highest BCUT2D eigenvalue weighted by molar-refractivity contribution is 6.35. The zero-order valence-electron chi connectivity index (χ0n) is 21.5. The molecule has 2 aliphatic heterocycles. The van der Waals surface area contributed by atoms with Crippen molar-refractivity contribution in [3.05, 3.63) is 59.4 Å². The predicted octanol–water partition coefficient (Wildman–Crippen LogP) is 4.94. The summed E-state index contributed by atoms with van der Waals surface area (Å²) in [7, 11) is 0. The Kier molecular flexibility index (Phi) is 7.95. The number of pyridine rings is 1. The van der Waals surface area contributed by atoms with Crippen molar-refractivity contribution in [1.29, 1.82) is 0 Å². The van der Waals surface area contributed by atoms with Gasteiger partial charge >= 0.3 is 0 Å². The SMILES string of the molecule is C=CC(=O)N1CCCC[C@H](n2c(NC(=O)c3ccnc(C)c3)nc3cc(OC4CCOCC4)cc(Cl)c32)C1. The number of nitrogens with zero attached hydrogens (tertiary/aromatic N) is 4. The maximum absolute atomic E-state index is 13.2. The maximum Gasteiger partial charge on any atom is 0.258 e. The van der Waals surface area contributed by atoms with Gasteiger partial charge in [-0.2, -0.15) is 0 Å².